The Bertz CT molecular complexity index is 766. The second-order valence-electron chi connectivity index (χ2n) is 4.53. The van der Waals surface area contributed by atoms with E-state index in [1.165, 1.54) is 0 Å². The average molecular weight is 263 g/mol. The molecule has 20 heavy (non-hydrogen) atoms. The first-order valence-electron chi connectivity index (χ1n) is 6.36. The molecule has 0 unspecified atom stereocenters. The fourth-order valence-electron chi connectivity index (χ4n) is 2.22. The molecule has 0 saturated carbocycles. The molecule has 0 aliphatic heterocycles. The van der Waals surface area contributed by atoms with E-state index in [1.807, 2.05) is 37.3 Å². The zero-order chi connectivity index (χ0) is 13.9. The summed E-state index contributed by atoms with van der Waals surface area (Å²) in [7, 11) is 0. The highest BCUT2D eigenvalue weighted by Gasteiger charge is 2.13. The lowest BCUT2D eigenvalue weighted by molar-refractivity contribution is 0.0734. The highest BCUT2D eigenvalue weighted by molar-refractivity contribution is 5.99. The highest BCUT2D eigenvalue weighted by Crippen LogP contribution is 2.22. The monoisotopic (exact) mass is 263 g/mol. The molecule has 3 aromatic rings. The number of benzene rings is 2. The Labute approximate surface area is 116 Å². The lowest BCUT2D eigenvalue weighted by atomic mass is 10.0. The Morgan fingerprint density at radius 3 is 2.55 bits per heavy atom. The smallest absolute Gasteiger partial charge is 0.343 e. The standard InChI is InChI=1S/C17H13NO2/c1-12-15-5-3-2-4-13(15)6-7-16(12)17(19)20-14-8-10-18-11-9-14/h2-11H,1H3. The van der Waals surface area contributed by atoms with Gasteiger partial charge in [0.1, 0.15) is 5.75 Å². The zero-order valence-electron chi connectivity index (χ0n) is 11.0. The van der Waals surface area contributed by atoms with Crippen molar-refractivity contribution in [3.05, 3.63) is 72.1 Å². The maximum atomic E-state index is 12.2. The van der Waals surface area contributed by atoms with Crippen molar-refractivity contribution in [2.75, 3.05) is 0 Å². The molecule has 0 saturated heterocycles. The SMILES string of the molecule is Cc1c(C(=O)Oc2ccncc2)ccc2ccccc12. The zero-order valence-corrected chi connectivity index (χ0v) is 11.0. The van der Waals surface area contributed by atoms with Gasteiger partial charge >= 0.3 is 5.97 Å². The number of hydrogen-bond acceptors (Lipinski definition) is 3. The van der Waals surface area contributed by atoms with Crippen LogP contribution in [0.1, 0.15) is 15.9 Å². The van der Waals surface area contributed by atoms with Crippen LogP contribution < -0.4 is 4.74 Å². The van der Waals surface area contributed by atoms with Crippen molar-refractivity contribution in [1.82, 2.24) is 4.98 Å². The van der Waals surface area contributed by atoms with Gasteiger partial charge in [-0.3, -0.25) is 4.98 Å². The van der Waals surface area contributed by atoms with Crippen LogP contribution in [0.5, 0.6) is 5.75 Å². The molecule has 0 aliphatic carbocycles. The van der Waals surface area contributed by atoms with Crippen LogP contribution in [-0.2, 0) is 0 Å². The molecule has 1 aromatic heterocycles. The van der Waals surface area contributed by atoms with E-state index in [0.717, 1.165) is 16.3 Å². The average Bonchev–Trinajstić information content (AvgIpc) is 2.49. The molecule has 3 rings (SSSR count). The summed E-state index contributed by atoms with van der Waals surface area (Å²) >= 11 is 0. The van der Waals surface area contributed by atoms with Crippen LogP contribution in [0.2, 0.25) is 0 Å². The minimum Gasteiger partial charge on any atom is -0.423 e. The Morgan fingerprint density at radius 2 is 1.75 bits per heavy atom. The molecule has 0 spiro atoms. The van der Waals surface area contributed by atoms with Crippen LogP contribution in [0, 0.1) is 6.92 Å². The summed E-state index contributed by atoms with van der Waals surface area (Å²) in [6.45, 7) is 1.94. The number of aromatic nitrogens is 1. The molecular formula is C17H13NO2. The molecule has 2 aromatic carbocycles. The van der Waals surface area contributed by atoms with Crippen LogP contribution >= 0.6 is 0 Å². The van der Waals surface area contributed by atoms with E-state index in [-0.39, 0.29) is 5.97 Å². The topological polar surface area (TPSA) is 39.2 Å². The van der Waals surface area contributed by atoms with Crippen molar-refractivity contribution in [2.24, 2.45) is 0 Å². The van der Waals surface area contributed by atoms with E-state index in [9.17, 15) is 4.79 Å². The molecule has 0 N–H and O–H groups in total. The predicted molar refractivity (Wildman–Crippen MR) is 77.9 cm³/mol. The molecule has 3 nitrogen and oxygen atoms in total. The van der Waals surface area contributed by atoms with Gasteiger partial charge in [-0.15, -0.1) is 0 Å². The molecule has 3 heteroatoms. The van der Waals surface area contributed by atoms with Gasteiger partial charge in [0.25, 0.3) is 0 Å². The van der Waals surface area contributed by atoms with E-state index in [4.69, 9.17) is 4.74 Å². The van der Waals surface area contributed by atoms with E-state index in [0.29, 0.717) is 11.3 Å². The summed E-state index contributed by atoms with van der Waals surface area (Å²) in [6, 6.07) is 15.0. The van der Waals surface area contributed by atoms with E-state index >= 15 is 0 Å². The number of ether oxygens (including phenoxy) is 1. The third-order valence-electron chi connectivity index (χ3n) is 3.28. The maximum absolute atomic E-state index is 12.2. The van der Waals surface area contributed by atoms with Gasteiger partial charge in [-0.1, -0.05) is 30.3 Å². The van der Waals surface area contributed by atoms with Gasteiger partial charge in [0, 0.05) is 12.4 Å². The predicted octanol–water partition coefficient (Wildman–Crippen LogP) is 3.76. The van der Waals surface area contributed by atoms with Crippen LogP contribution in [0.25, 0.3) is 10.8 Å². The molecule has 0 atom stereocenters. The molecule has 0 bridgehead atoms. The van der Waals surface area contributed by atoms with Gasteiger partial charge < -0.3 is 4.74 Å². The number of aryl methyl sites for hydroxylation is 1. The molecule has 0 fully saturated rings. The van der Waals surface area contributed by atoms with Crippen molar-refractivity contribution in [3.63, 3.8) is 0 Å². The Balaban J connectivity index is 1.98. The Hall–Kier alpha value is -2.68. The summed E-state index contributed by atoms with van der Waals surface area (Å²) in [6.07, 6.45) is 3.19. The number of hydrogen-bond donors (Lipinski definition) is 0. The quantitative estimate of drug-likeness (QED) is 0.661. The van der Waals surface area contributed by atoms with Gasteiger partial charge in [-0.05, 0) is 41.5 Å². The summed E-state index contributed by atoms with van der Waals surface area (Å²) in [5, 5.41) is 2.18. The molecule has 0 aliphatic rings. The number of nitrogens with zero attached hydrogens (tertiary/aromatic N) is 1. The fraction of sp³-hybridized carbons (Fsp3) is 0.0588. The second-order valence-corrected chi connectivity index (χ2v) is 4.53. The third kappa shape index (κ3) is 2.26. The highest BCUT2D eigenvalue weighted by atomic mass is 16.5. The van der Waals surface area contributed by atoms with E-state index < -0.39 is 0 Å². The Morgan fingerprint density at radius 1 is 1.00 bits per heavy atom. The first kappa shape index (κ1) is 12.4. The minimum absolute atomic E-state index is 0.348. The largest absolute Gasteiger partial charge is 0.423 e. The molecule has 1 heterocycles. The lowest BCUT2D eigenvalue weighted by Gasteiger charge is -2.09. The lowest BCUT2D eigenvalue weighted by Crippen LogP contribution is -2.10. The van der Waals surface area contributed by atoms with E-state index in [2.05, 4.69) is 4.98 Å². The van der Waals surface area contributed by atoms with Gasteiger partial charge in [-0.25, -0.2) is 4.79 Å². The van der Waals surface area contributed by atoms with Crippen molar-refractivity contribution in [2.45, 2.75) is 6.92 Å². The first-order chi connectivity index (χ1) is 9.75. The number of esters is 1. The van der Waals surface area contributed by atoms with Crippen LogP contribution in [0.15, 0.2) is 60.9 Å². The summed E-state index contributed by atoms with van der Waals surface area (Å²) in [5.41, 5.74) is 1.52. The number of pyridine rings is 1. The maximum Gasteiger partial charge on any atom is 0.343 e. The number of fused-ring (bicyclic) bond motifs is 1. The molecule has 0 amide bonds. The second kappa shape index (κ2) is 5.13. The summed E-state index contributed by atoms with van der Waals surface area (Å²) in [4.78, 5) is 16.1. The number of carbonyl (C=O) groups excluding carboxylic acids is 1. The first-order valence-corrected chi connectivity index (χ1v) is 6.36. The van der Waals surface area contributed by atoms with Crippen molar-refractivity contribution < 1.29 is 9.53 Å². The van der Waals surface area contributed by atoms with Crippen LogP contribution in [-0.4, -0.2) is 11.0 Å². The molecule has 98 valence electrons. The normalized spacial score (nSPS) is 10.4. The van der Waals surface area contributed by atoms with Gasteiger partial charge in [-0.2, -0.15) is 0 Å². The van der Waals surface area contributed by atoms with Crippen LogP contribution in [0.4, 0.5) is 0 Å². The number of carbonyl (C=O) groups is 1. The van der Waals surface area contributed by atoms with Crippen molar-refractivity contribution in [3.8, 4) is 5.75 Å². The van der Waals surface area contributed by atoms with Gasteiger partial charge in [0.2, 0.25) is 0 Å². The fourth-order valence-corrected chi connectivity index (χ4v) is 2.22. The van der Waals surface area contributed by atoms with Crippen molar-refractivity contribution >= 4 is 16.7 Å². The van der Waals surface area contributed by atoms with E-state index in [1.54, 1.807) is 30.6 Å². The molecule has 0 radical (unpaired) electrons. The third-order valence-corrected chi connectivity index (χ3v) is 3.28. The molecular weight excluding hydrogens is 250 g/mol. The van der Waals surface area contributed by atoms with Crippen molar-refractivity contribution in [1.29, 1.82) is 0 Å². The number of rotatable bonds is 2. The van der Waals surface area contributed by atoms with Gasteiger partial charge in [0.15, 0.2) is 0 Å². The summed E-state index contributed by atoms with van der Waals surface area (Å²) in [5.74, 6) is 0.150. The summed E-state index contributed by atoms with van der Waals surface area (Å²) < 4.78 is 5.35. The van der Waals surface area contributed by atoms with Gasteiger partial charge in [0.05, 0.1) is 5.56 Å². The Kier molecular flexibility index (Phi) is 3.17. The van der Waals surface area contributed by atoms with Crippen LogP contribution in [0.3, 0.4) is 0 Å². The minimum atomic E-state index is -0.348.